The number of nitrogens with one attached hydrogen (secondary N) is 1. The number of rotatable bonds is 9. The number of likely N-dealkylation sites (N-methyl/N-ethyl adjacent to an activating group) is 1. The van der Waals surface area contributed by atoms with E-state index in [0.717, 1.165) is 32.1 Å². The molecule has 0 heterocycles. The van der Waals surface area contributed by atoms with Crippen molar-refractivity contribution < 1.29 is 5.11 Å². The van der Waals surface area contributed by atoms with Gasteiger partial charge >= 0.3 is 0 Å². The smallest absolute Gasteiger partial charge is 0.0791 e. The lowest BCUT2D eigenvalue weighted by molar-refractivity contribution is 0.114. The Morgan fingerprint density at radius 2 is 1.94 bits per heavy atom. The average molecular weight is 228 g/mol. The van der Waals surface area contributed by atoms with Crippen molar-refractivity contribution in [2.45, 2.75) is 52.2 Å². The molecule has 1 aliphatic rings. The highest BCUT2D eigenvalue weighted by molar-refractivity contribution is 4.78. The van der Waals surface area contributed by atoms with Crippen molar-refractivity contribution in [1.29, 1.82) is 0 Å². The van der Waals surface area contributed by atoms with Crippen LogP contribution in [-0.2, 0) is 0 Å². The van der Waals surface area contributed by atoms with E-state index < -0.39 is 0 Å². The van der Waals surface area contributed by atoms with Gasteiger partial charge in [0.15, 0.2) is 0 Å². The average Bonchev–Trinajstić information content (AvgIpc) is 3.07. The monoisotopic (exact) mass is 228 g/mol. The van der Waals surface area contributed by atoms with E-state index in [1.54, 1.807) is 0 Å². The second kappa shape index (κ2) is 7.25. The molecule has 1 fully saturated rings. The van der Waals surface area contributed by atoms with E-state index >= 15 is 0 Å². The summed E-state index contributed by atoms with van der Waals surface area (Å²) in [6, 6.07) is 0.554. The molecule has 16 heavy (non-hydrogen) atoms. The molecule has 3 nitrogen and oxygen atoms in total. The highest BCUT2D eigenvalue weighted by atomic mass is 16.3. The third-order valence-corrected chi connectivity index (χ3v) is 3.45. The fraction of sp³-hybridized carbons (Fsp3) is 1.00. The molecule has 1 rings (SSSR count). The van der Waals surface area contributed by atoms with Crippen LogP contribution in [0.3, 0.4) is 0 Å². The van der Waals surface area contributed by atoms with E-state index in [-0.39, 0.29) is 6.10 Å². The van der Waals surface area contributed by atoms with Crippen molar-refractivity contribution in [2.24, 2.45) is 5.92 Å². The van der Waals surface area contributed by atoms with Crippen LogP contribution < -0.4 is 5.32 Å². The lowest BCUT2D eigenvalue weighted by atomic mass is 10.1. The maximum atomic E-state index is 9.88. The molecule has 0 aliphatic heterocycles. The molecule has 0 aromatic carbocycles. The quantitative estimate of drug-likeness (QED) is 0.627. The van der Waals surface area contributed by atoms with Crippen molar-refractivity contribution in [1.82, 2.24) is 10.2 Å². The van der Waals surface area contributed by atoms with Crippen molar-refractivity contribution in [3.63, 3.8) is 0 Å². The standard InChI is InChI=1S/C13H28N2O/c1-4-15(5-2)10-13(16)9-14-11(3)8-12-6-7-12/h11-14,16H,4-10H2,1-3H3. The van der Waals surface area contributed by atoms with Gasteiger partial charge in [-0.3, -0.25) is 0 Å². The fourth-order valence-electron chi connectivity index (χ4n) is 2.12. The summed E-state index contributed by atoms with van der Waals surface area (Å²) in [5.74, 6) is 0.961. The largest absolute Gasteiger partial charge is 0.390 e. The van der Waals surface area contributed by atoms with Crippen LogP contribution in [0.2, 0.25) is 0 Å². The Morgan fingerprint density at radius 3 is 2.44 bits per heavy atom. The van der Waals surface area contributed by atoms with Crippen LogP contribution >= 0.6 is 0 Å². The zero-order chi connectivity index (χ0) is 12.0. The first kappa shape index (κ1) is 13.9. The van der Waals surface area contributed by atoms with Crippen molar-refractivity contribution in [3.05, 3.63) is 0 Å². The Morgan fingerprint density at radius 1 is 1.31 bits per heavy atom. The SMILES string of the molecule is CCN(CC)CC(O)CNC(C)CC1CC1. The third kappa shape index (κ3) is 5.83. The van der Waals surface area contributed by atoms with Gasteiger partial charge in [-0.2, -0.15) is 0 Å². The molecule has 1 aliphatic carbocycles. The minimum atomic E-state index is -0.235. The Bertz CT molecular complexity index is 179. The molecule has 3 heteroatoms. The zero-order valence-corrected chi connectivity index (χ0v) is 11.1. The Balaban J connectivity index is 2.05. The number of aliphatic hydroxyl groups is 1. The van der Waals surface area contributed by atoms with Crippen molar-refractivity contribution >= 4 is 0 Å². The molecule has 2 atom stereocenters. The summed E-state index contributed by atoms with van der Waals surface area (Å²) < 4.78 is 0. The Kier molecular flexibility index (Phi) is 6.32. The topological polar surface area (TPSA) is 35.5 Å². The summed E-state index contributed by atoms with van der Waals surface area (Å²) in [6.07, 6.45) is 3.86. The van der Waals surface area contributed by atoms with Gasteiger partial charge in [-0.25, -0.2) is 0 Å². The van der Waals surface area contributed by atoms with Gasteiger partial charge in [0.25, 0.3) is 0 Å². The predicted molar refractivity (Wildman–Crippen MR) is 68.6 cm³/mol. The Labute approximate surface area is 100 Å². The van der Waals surface area contributed by atoms with Gasteiger partial charge in [-0.15, -0.1) is 0 Å². The molecule has 0 aromatic heterocycles. The third-order valence-electron chi connectivity index (χ3n) is 3.45. The van der Waals surface area contributed by atoms with E-state index in [1.165, 1.54) is 19.3 Å². The van der Waals surface area contributed by atoms with Crippen LogP contribution in [0.15, 0.2) is 0 Å². The summed E-state index contributed by atoms with van der Waals surface area (Å²) in [6.45, 7) is 10.1. The molecular weight excluding hydrogens is 200 g/mol. The van der Waals surface area contributed by atoms with Gasteiger partial charge < -0.3 is 15.3 Å². The first-order valence-corrected chi connectivity index (χ1v) is 6.79. The van der Waals surface area contributed by atoms with E-state index in [0.29, 0.717) is 6.04 Å². The lowest BCUT2D eigenvalue weighted by Crippen LogP contribution is -2.40. The number of nitrogens with zero attached hydrogens (tertiary/aromatic N) is 1. The summed E-state index contributed by atoms with van der Waals surface area (Å²) in [7, 11) is 0. The van der Waals surface area contributed by atoms with Crippen molar-refractivity contribution in [3.8, 4) is 0 Å². The summed E-state index contributed by atoms with van der Waals surface area (Å²) in [5.41, 5.74) is 0. The predicted octanol–water partition coefficient (Wildman–Crippen LogP) is 1.47. The number of aliphatic hydroxyl groups excluding tert-OH is 1. The summed E-state index contributed by atoms with van der Waals surface area (Å²) in [5, 5.41) is 13.3. The van der Waals surface area contributed by atoms with Gasteiger partial charge in [-0.05, 0) is 32.4 Å². The first-order chi connectivity index (χ1) is 7.65. The molecule has 0 saturated heterocycles. The van der Waals surface area contributed by atoms with Gasteiger partial charge in [0.2, 0.25) is 0 Å². The van der Waals surface area contributed by atoms with Crippen LogP contribution in [-0.4, -0.2) is 48.3 Å². The van der Waals surface area contributed by atoms with E-state index in [2.05, 4.69) is 31.0 Å². The normalized spacial score (nSPS) is 20.1. The molecule has 2 N–H and O–H groups in total. The maximum Gasteiger partial charge on any atom is 0.0791 e. The van der Waals surface area contributed by atoms with Crippen molar-refractivity contribution in [2.75, 3.05) is 26.2 Å². The molecule has 0 bridgehead atoms. The molecule has 0 aromatic rings. The van der Waals surface area contributed by atoms with Gasteiger partial charge in [0.1, 0.15) is 0 Å². The summed E-state index contributed by atoms with van der Waals surface area (Å²) in [4.78, 5) is 2.26. The maximum absolute atomic E-state index is 9.88. The molecule has 96 valence electrons. The van der Waals surface area contributed by atoms with Crippen LogP contribution in [0.4, 0.5) is 0 Å². The minimum Gasteiger partial charge on any atom is -0.390 e. The molecular formula is C13H28N2O. The molecule has 2 unspecified atom stereocenters. The van der Waals surface area contributed by atoms with E-state index in [4.69, 9.17) is 0 Å². The Hall–Kier alpha value is -0.120. The molecule has 0 spiro atoms. The second-order valence-electron chi connectivity index (χ2n) is 5.13. The minimum absolute atomic E-state index is 0.235. The molecule has 1 saturated carbocycles. The summed E-state index contributed by atoms with van der Waals surface area (Å²) >= 11 is 0. The number of hydrogen-bond acceptors (Lipinski definition) is 3. The van der Waals surface area contributed by atoms with Gasteiger partial charge in [0.05, 0.1) is 6.10 Å². The lowest BCUT2D eigenvalue weighted by Gasteiger charge is -2.23. The van der Waals surface area contributed by atoms with E-state index in [9.17, 15) is 5.11 Å². The highest BCUT2D eigenvalue weighted by Gasteiger charge is 2.23. The fourth-order valence-corrected chi connectivity index (χ4v) is 2.12. The van der Waals surface area contributed by atoms with Gasteiger partial charge in [0, 0.05) is 19.1 Å². The van der Waals surface area contributed by atoms with E-state index in [1.807, 2.05) is 0 Å². The highest BCUT2D eigenvalue weighted by Crippen LogP contribution is 2.33. The zero-order valence-electron chi connectivity index (χ0n) is 11.1. The van der Waals surface area contributed by atoms with Crippen LogP contribution in [0.5, 0.6) is 0 Å². The van der Waals surface area contributed by atoms with Crippen LogP contribution in [0, 0.1) is 5.92 Å². The van der Waals surface area contributed by atoms with Crippen LogP contribution in [0.25, 0.3) is 0 Å². The molecule has 0 radical (unpaired) electrons. The van der Waals surface area contributed by atoms with Crippen LogP contribution in [0.1, 0.15) is 40.0 Å². The second-order valence-corrected chi connectivity index (χ2v) is 5.13. The first-order valence-electron chi connectivity index (χ1n) is 6.79. The van der Waals surface area contributed by atoms with Gasteiger partial charge in [-0.1, -0.05) is 26.7 Å². The molecule has 0 amide bonds. The number of hydrogen-bond donors (Lipinski definition) is 2.